The fraction of sp³-hybridized carbons (Fsp3) is 0.500. The number of anilines is 1. The van der Waals surface area contributed by atoms with Crippen molar-refractivity contribution in [3.05, 3.63) is 17.8 Å². The van der Waals surface area contributed by atoms with Gasteiger partial charge in [0, 0.05) is 6.54 Å². The van der Waals surface area contributed by atoms with Gasteiger partial charge in [-0.1, -0.05) is 0 Å². The number of hydrogen-bond acceptors (Lipinski definition) is 6. The van der Waals surface area contributed by atoms with Crippen LogP contribution in [0.5, 0.6) is 5.88 Å². The minimum absolute atomic E-state index is 0.254. The Morgan fingerprint density at radius 1 is 1.50 bits per heavy atom. The number of nitrogen functional groups attached to an aromatic ring is 1. The number of aromatic nitrogens is 1. The number of nitrogens with zero attached hydrogens (tertiary/aromatic N) is 2. The summed E-state index contributed by atoms with van der Waals surface area (Å²) in [6.07, 6.45) is 1.45. The third-order valence-electron chi connectivity index (χ3n) is 2.14. The zero-order valence-corrected chi connectivity index (χ0v) is 11.0. The summed E-state index contributed by atoms with van der Waals surface area (Å²) in [7, 11) is 3.87. The molecule has 2 N–H and O–H groups in total. The zero-order valence-electron chi connectivity index (χ0n) is 11.0. The molecule has 1 aromatic rings. The van der Waals surface area contributed by atoms with Crippen molar-refractivity contribution in [3.63, 3.8) is 0 Å². The summed E-state index contributed by atoms with van der Waals surface area (Å²) in [5, 5.41) is 0. The molecule has 0 bridgehead atoms. The Morgan fingerprint density at radius 3 is 2.83 bits per heavy atom. The topological polar surface area (TPSA) is 77.7 Å². The van der Waals surface area contributed by atoms with Crippen LogP contribution >= 0.6 is 0 Å². The van der Waals surface area contributed by atoms with Crippen molar-refractivity contribution >= 4 is 11.7 Å². The number of rotatable bonds is 6. The zero-order chi connectivity index (χ0) is 13.5. The molecule has 6 nitrogen and oxygen atoms in total. The maximum Gasteiger partial charge on any atom is 0.343 e. The number of pyridine rings is 1. The van der Waals surface area contributed by atoms with Crippen molar-refractivity contribution in [2.45, 2.75) is 6.92 Å². The highest BCUT2D eigenvalue weighted by atomic mass is 16.5. The molecule has 1 heterocycles. The number of nitrogens with two attached hydrogens (primary N) is 1. The number of likely N-dealkylation sites (N-methyl/N-ethyl adjacent to an activating group) is 1. The van der Waals surface area contributed by atoms with Crippen LogP contribution < -0.4 is 10.5 Å². The maximum atomic E-state index is 11.7. The van der Waals surface area contributed by atoms with Crippen LogP contribution in [0.25, 0.3) is 0 Å². The Hall–Kier alpha value is -1.82. The Morgan fingerprint density at radius 2 is 2.22 bits per heavy atom. The number of esters is 1. The highest BCUT2D eigenvalue weighted by Gasteiger charge is 2.15. The first-order chi connectivity index (χ1) is 8.54. The molecule has 1 rings (SSSR count). The molecule has 0 radical (unpaired) electrons. The molecule has 0 aromatic carbocycles. The lowest BCUT2D eigenvalue weighted by molar-refractivity contribution is 0.0520. The summed E-state index contributed by atoms with van der Waals surface area (Å²) in [6, 6.07) is 1.51. The predicted molar refractivity (Wildman–Crippen MR) is 68.7 cm³/mol. The molecule has 0 fully saturated rings. The van der Waals surface area contributed by atoms with Crippen LogP contribution in [0.1, 0.15) is 17.3 Å². The summed E-state index contributed by atoms with van der Waals surface area (Å²) in [4.78, 5) is 17.7. The number of hydrogen-bond donors (Lipinski definition) is 1. The van der Waals surface area contributed by atoms with E-state index in [4.69, 9.17) is 15.2 Å². The molecule has 0 atom stereocenters. The van der Waals surface area contributed by atoms with Crippen molar-refractivity contribution in [1.29, 1.82) is 0 Å². The molecule has 0 aliphatic rings. The van der Waals surface area contributed by atoms with Crippen LogP contribution in [0.4, 0.5) is 5.69 Å². The summed E-state index contributed by atoms with van der Waals surface area (Å²) >= 11 is 0. The summed E-state index contributed by atoms with van der Waals surface area (Å²) in [5.41, 5.74) is 6.27. The van der Waals surface area contributed by atoms with Gasteiger partial charge in [-0.25, -0.2) is 9.78 Å². The van der Waals surface area contributed by atoms with E-state index in [0.29, 0.717) is 18.9 Å². The van der Waals surface area contributed by atoms with Gasteiger partial charge in [-0.05, 0) is 27.1 Å². The minimum atomic E-state index is -0.475. The molecule has 0 saturated carbocycles. The molecule has 0 unspecified atom stereocenters. The van der Waals surface area contributed by atoms with E-state index in [1.165, 1.54) is 12.3 Å². The van der Waals surface area contributed by atoms with Crippen molar-refractivity contribution in [2.75, 3.05) is 39.6 Å². The van der Waals surface area contributed by atoms with E-state index in [0.717, 1.165) is 6.54 Å². The van der Waals surface area contributed by atoms with Crippen molar-refractivity contribution in [3.8, 4) is 5.88 Å². The van der Waals surface area contributed by atoms with E-state index < -0.39 is 5.97 Å². The minimum Gasteiger partial charge on any atom is -0.476 e. The van der Waals surface area contributed by atoms with Crippen LogP contribution in [0.15, 0.2) is 12.3 Å². The van der Waals surface area contributed by atoms with E-state index in [1.807, 2.05) is 19.0 Å². The second-order valence-electron chi connectivity index (χ2n) is 3.99. The number of ether oxygens (including phenoxy) is 2. The number of carbonyl (C=O) groups is 1. The first kappa shape index (κ1) is 14.2. The van der Waals surface area contributed by atoms with E-state index in [2.05, 4.69) is 4.98 Å². The van der Waals surface area contributed by atoms with E-state index in [1.54, 1.807) is 6.92 Å². The molecule has 18 heavy (non-hydrogen) atoms. The van der Waals surface area contributed by atoms with Crippen LogP contribution in [-0.4, -0.2) is 49.7 Å². The van der Waals surface area contributed by atoms with Crippen LogP contribution in [0.2, 0.25) is 0 Å². The molecule has 0 aliphatic heterocycles. The van der Waals surface area contributed by atoms with Gasteiger partial charge in [0.05, 0.1) is 18.5 Å². The van der Waals surface area contributed by atoms with Crippen molar-refractivity contribution in [1.82, 2.24) is 9.88 Å². The third kappa shape index (κ3) is 4.21. The quantitative estimate of drug-likeness (QED) is 0.755. The molecular weight excluding hydrogens is 234 g/mol. The van der Waals surface area contributed by atoms with Gasteiger partial charge in [0.25, 0.3) is 0 Å². The molecule has 0 aliphatic carbocycles. The van der Waals surface area contributed by atoms with Gasteiger partial charge in [-0.3, -0.25) is 0 Å². The van der Waals surface area contributed by atoms with Gasteiger partial charge >= 0.3 is 5.97 Å². The highest BCUT2D eigenvalue weighted by molar-refractivity contribution is 5.92. The van der Waals surface area contributed by atoms with Gasteiger partial charge in [0.15, 0.2) is 0 Å². The Balaban J connectivity index is 2.79. The smallest absolute Gasteiger partial charge is 0.343 e. The summed E-state index contributed by atoms with van der Waals surface area (Å²) < 4.78 is 10.4. The van der Waals surface area contributed by atoms with E-state index in [-0.39, 0.29) is 11.4 Å². The van der Waals surface area contributed by atoms with Crippen molar-refractivity contribution in [2.24, 2.45) is 0 Å². The fourth-order valence-corrected chi connectivity index (χ4v) is 1.26. The second-order valence-corrected chi connectivity index (χ2v) is 3.99. The van der Waals surface area contributed by atoms with Crippen LogP contribution in [0, 0.1) is 0 Å². The molecule has 0 amide bonds. The molecular formula is C12H19N3O3. The SMILES string of the molecule is CCOC(=O)c1cc(N)cnc1OCCN(C)C. The third-order valence-corrected chi connectivity index (χ3v) is 2.14. The Bertz CT molecular complexity index is 408. The predicted octanol–water partition coefficient (Wildman–Crippen LogP) is 0.781. The standard InChI is InChI=1S/C12H19N3O3/c1-4-17-12(16)10-7-9(13)8-14-11(10)18-6-5-15(2)3/h7-8H,4-6,13H2,1-3H3. The Labute approximate surface area is 107 Å². The van der Waals surface area contributed by atoms with Gasteiger partial charge < -0.3 is 20.1 Å². The van der Waals surface area contributed by atoms with Gasteiger partial charge in [-0.2, -0.15) is 0 Å². The van der Waals surface area contributed by atoms with Crippen LogP contribution in [0.3, 0.4) is 0 Å². The lowest BCUT2D eigenvalue weighted by atomic mass is 10.2. The van der Waals surface area contributed by atoms with E-state index in [9.17, 15) is 4.79 Å². The fourth-order valence-electron chi connectivity index (χ4n) is 1.26. The lowest BCUT2D eigenvalue weighted by Gasteiger charge is -2.12. The molecule has 6 heteroatoms. The van der Waals surface area contributed by atoms with E-state index >= 15 is 0 Å². The molecule has 100 valence electrons. The van der Waals surface area contributed by atoms with Crippen molar-refractivity contribution < 1.29 is 14.3 Å². The molecule has 0 saturated heterocycles. The molecule has 0 spiro atoms. The number of carbonyl (C=O) groups excluding carboxylic acids is 1. The largest absolute Gasteiger partial charge is 0.476 e. The average Bonchev–Trinajstić information content (AvgIpc) is 2.31. The van der Waals surface area contributed by atoms with Gasteiger partial charge in [0.2, 0.25) is 5.88 Å². The highest BCUT2D eigenvalue weighted by Crippen LogP contribution is 2.19. The lowest BCUT2D eigenvalue weighted by Crippen LogP contribution is -2.20. The Kier molecular flexibility index (Phi) is 5.38. The maximum absolute atomic E-state index is 11.7. The second kappa shape index (κ2) is 6.80. The monoisotopic (exact) mass is 253 g/mol. The summed E-state index contributed by atoms with van der Waals surface area (Å²) in [6.45, 7) is 3.21. The average molecular weight is 253 g/mol. The molecule has 1 aromatic heterocycles. The van der Waals surface area contributed by atoms with Gasteiger partial charge in [0.1, 0.15) is 12.2 Å². The first-order valence-corrected chi connectivity index (χ1v) is 5.74. The first-order valence-electron chi connectivity index (χ1n) is 5.74. The normalized spacial score (nSPS) is 10.4. The van der Waals surface area contributed by atoms with Crippen LogP contribution in [-0.2, 0) is 4.74 Å². The van der Waals surface area contributed by atoms with Gasteiger partial charge in [-0.15, -0.1) is 0 Å². The summed E-state index contributed by atoms with van der Waals surface area (Å²) in [5.74, 6) is -0.221.